The largest absolute Gasteiger partial charge is 0.382 e. The molecule has 3 N–H and O–H groups in total. The highest BCUT2D eigenvalue weighted by molar-refractivity contribution is 8.04. The van der Waals surface area contributed by atoms with E-state index in [1.807, 2.05) is 43.0 Å². The number of rotatable bonds is 8. The lowest BCUT2D eigenvalue weighted by Crippen LogP contribution is -1.97. The number of nitrogens with one attached hydrogen (secondary N) is 1. The summed E-state index contributed by atoms with van der Waals surface area (Å²) < 4.78 is 0. The summed E-state index contributed by atoms with van der Waals surface area (Å²) in [4.78, 5) is 20.0. The number of aromatic nitrogens is 2. The molecule has 3 rings (SSSR count). The molecule has 0 radical (unpaired) electrons. The standard InChI is InChI=1S/C12H13N3.C12H18NOPS/c1-8-3-5-10(6-4-8)11-7-14-12(13)9(2)15-11;1-3-15(4-2)10-16-12-7-5-11(6-8-12)13-9-14/h3-7H,1-2H3,(H2,13,14);5-9H,3-4,10H2,1-2H3,(H,13,14). The lowest BCUT2D eigenvalue weighted by Gasteiger charge is -2.12. The predicted molar refractivity (Wildman–Crippen MR) is 136 cm³/mol. The van der Waals surface area contributed by atoms with Crippen LogP contribution in [0.5, 0.6) is 0 Å². The highest BCUT2D eigenvalue weighted by atomic mass is 32.2. The SMILES string of the molecule is CCP(CC)CSc1ccc(NC=O)cc1.Cc1ccc(-c2cnc(N)c(C)n2)cc1. The first-order valence-electron chi connectivity index (χ1n) is 10.3. The fourth-order valence-corrected chi connectivity index (χ4v) is 6.20. The summed E-state index contributed by atoms with van der Waals surface area (Å²) in [5.74, 6) is 0.492. The van der Waals surface area contributed by atoms with Gasteiger partial charge in [0.1, 0.15) is 5.82 Å². The van der Waals surface area contributed by atoms with Gasteiger partial charge >= 0.3 is 0 Å². The fourth-order valence-electron chi connectivity index (χ4n) is 2.64. The normalized spacial score (nSPS) is 10.4. The maximum atomic E-state index is 10.2. The molecule has 0 aliphatic carbocycles. The lowest BCUT2D eigenvalue weighted by atomic mass is 10.1. The third kappa shape index (κ3) is 8.31. The average Bonchev–Trinajstić information content (AvgIpc) is 2.79. The zero-order chi connectivity index (χ0) is 22.6. The Hall–Kier alpha value is -2.43. The van der Waals surface area contributed by atoms with Crippen LogP contribution in [-0.4, -0.2) is 34.2 Å². The number of hydrogen-bond donors (Lipinski definition) is 2. The van der Waals surface area contributed by atoms with Crippen LogP contribution >= 0.6 is 19.7 Å². The van der Waals surface area contributed by atoms with E-state index in [2.05, 4.69) is 60.3 Å². The molecule has 0 spiro atoms. The monoisotopic (exact) mass is 454 g/mol. The van der Waals surface area contributed by atoms with Crippen LogP contribution in [0.15, 0.2) is 59.6 Å². The smallest absolute Gasteiger partial charge is 0.211 e. The van der Waals surface area contributed by atoms with Crippen molar-refractivity contribution in [2.45, 2.75) is 32.6 Å². The van der Waals surface area contributed by atoms with Gasteiger partial charge in [0.2, 0.25) is 6.41 Å². The molecule has 1 aromatic heterocycles. The maximum absolute atomic E-state index is 10.2. The quantitative estimate of drug-likeness (QED) is 0.242. The second kappa shape index (κ2) is 13.1. The molecule has 2 aromatic carbocycles. The summed E-state index contributed by atoms with van der Waals surface area (Å²) in [5.41, 5.74) is 11.6. The third-order valence-corrected chi connectivity index (χ3v) is 9.09. The van der Waals surface area contributed by atoms with Gasteiger partial charge in [-0.25, -0.2) is 9.97 Å². The number of carbonyl (C=O) groups is 1. The van der Waals surface area contributed by atoms with Gasteiger partial charge in [-0.15, -0.1) is 11.8 Å². The van der Waals surface area contributed by atoms with Gasteiger partial charge in [0.05, 0.1) is 17.6 Å². The van der Waals surface area contributed by atoms with Crippen molar-refractivity contribution in [3.05, 3.63) is 66.0 Å². The molecule has 164 valence electrons. The predicted octanol–water partition coefficient (Wildman–Crippen LogP) is 6.17. The van der Waals surface area contributed by atoms with E-state index < -0.39 is 0 Å². The Kier molecular flexibility index (Phi) is 10.5. The van der Waals surface area contributed by atoms with Crippen molar-refractivity contribution in [1.29, 1.82) is 0 Å². The summed E-state index contributed by atoms with van der Waals surface area (Å²) in [6, 6.07) is 16.2. The molecule has 0 saturated carbocycles. The minimum atomic E-state index is 0.197. The molecule has 0 fully saturated rings. The Morgan fingerprint density at radius 2 is 1.68 bits per heavy atom. The molecule has 31 heavy (non-hydrogen) atoms. The molecule has 7 heteroatoms. The number of aryl methyl sites for hydroxylation is 2. The molecule has 5 nitrogen and oxygen atoms in total. The zero-order valence-electron chi connectivity index (χ0n) is 18.6. The molecular formula is C24H31N4OPS. The van der Waals surface area contributed by atoms with E-state index in [0.717, 1.165) is 22.6 Å². The molecule has 1 amide bonds. The van der Waals surface area contributed by atoms with E-state index in [9.17, 15) is 4.79 Å². The van der Waals surface area contributed by atoms with E-state index in [0.29, 0.717) is 12.2 Å². The van der Waals surface area contributed by atoms with Crippen LogP contribution < -0.4 is 11.1 Å². The van der Waals surface area contributed by atoms with Crippen LogP contribution in [0.25, 0.3) is 11.3 Å². The van der Waals surface area contributed by atoms with Gasteiger partial charge in [0, 0.05) is 21.6 Å². The van der Waals surface area contributed by atoms with Gasteiger partial charge in [0.25, 0.3) is 0 Å². The topological polar surface area (TPSA) is 80.9 Å². The summed E-state index contributed by atoms with van der Waals surface area (Å²) in [6.45, 7) is 8.46. The van der Waals surface area contributed by atoms with Crippen molar-refractivity contribution >= 4 is 37.6 Å². The Bertz CT molecular complexity index is 945. The number of hydrogen-bond acceptors (Lipinski definition) is 5. The molecular weight excluding hydrogens is 423 g/mol. The molecule has 0 unspecified atom stereocenters. The fraction of sp³-hybridized carbons (Fsp3) is 0.292. The molecule has 0 bridgehead atoms. The van der Waals surface area contributed by atoms with Crippen LogP contribution in [0.4, 0.5) is 11.5 Å². The highest BCUT2D eigenvalue weighted by Crippen LogP contribution is 2.40. The van der Waals surface area contributed by atoms with Gasteiger partial charge in [0.15, 0.2) is 0 Å². The van der Waals surface area contributed by atoms with Crippen molar-refractivity contribution in [3.63, 3.8) is 0 Å². The molecule has 0 saturated heterocycles. The second-order valence-corrected chi connectivity index (χ2v) is 11.4. The van der Waals surface area contributed by atoms with Gasteiger partial charge in [-0.3, -0.25) is 4.79 Å². The summed E-state index contributed by atoms with van der Waals surface area (Å²) in [7, 11) is 0.197. The van der Waals surface area contributed by atoms with Crippen LogP contribution in [0.1, 0.15) is 25.1 Å². The van der Waals surface area contributed by atoms with E-state index >= 15 is 0 Å². The number of nitrogen functional groups attached to an aromatic ring is 1. The molecule has 3 aromatic rings. The first-order valence-corrected chi connectivity index (χ1v) is 13.2. The summed E-state index contributed by atoms with van der Waals surface area (Å²) in [5, 5.41) is 2.64. The van der Waals surface area contributed by atoms with Crippen molar-refractivity contribution in [2.24, 2.45) is 0 Å². The van der Waals surface area contributed by atoms with Gasteiger partial charge in [-0.2, -0.15) is 0 Å². The number of anilines is 2. The molecule has 0 aliphatic rings. The first kappa shape index (κ1) is 24.8. The number of thioether (sulfide) groups is 1. The summed E-state index contributed by atoms with van der Waals surface area (Å²) in [6.07, 6.45) is 5.02. The molecule has 1 heterocycles. The van der Waals surface area contributed by atoms with E-state index in [1.54, 1.807) is 6.20 Å². The van der Waals surface area contributed by atoms with Crippen molar-refractivity contribution in [3.8, 4) is 11.3 Å². The summed E-state index contributed by atoms with van der Waals surface area (Å²) >= 11 is 1.92. The van der Waals surface area contributed by atoms with Crippen molar-refractivity contribution < 1.29 is 4.79 Å². The number of nitrogens with zero attached hydrogens (tertiary/aromatic N) is 2. The van der Waals surface area contributed by atoms with E-state index in [1.165, 1.54) is 28.3 Å². The maximum Gasteiger partial charge on any atom is 0.211 e. The van der Waals surface area contributed by atoms with Gasteiger partial charge in [-0.05, 0) is 50.4 Å². The van der Waals surface area contributed by atoms with Gasteiger partial charge in [-0.1, -0.05) is 51.6 Å². The number of benzene rings is 2. The van der Waals surface area contributed by atoms with Crippen LogP contribution in [0.2, 0.25) is 0 Å². The minimum absolute atomic E-state index is 0.197. The molecule has 0 aliphatic heterocycles. The number of amides is 1. The third-order valence-electron chi connectivity index (χ3n) is 4.72. The van der Waals surface area contributed by atoms with Gasteiger partial charge < -0.3 is 11.1 Å². The number of nitrogens with two attached hydrogens (primary N) is 1. The van der Waals surface area contributed by atoms with Crippen LogP contribution in [-0.2, 0) is 4.79 Å². The Labute approximate surface area is 191 Å². The first-order chi connectivity index (χ1) is 15.0. The Morgan fingerprint density at radius 3 is 2.23 bits per heavy atom. The van der Waals surface area contributed by atoms with Crippen molar-refractivity contribution in [1.82, 2.24) is 9.97 Å². The van der Waals surface area contributed by atoms with E-state index in [-0.39, 0.29) is 7.92 Å². The van der Waals surface area contributed by atoms with E-state index in [4.69, 9.17) is 5.73 Å². The number of carbonyl (C=O) groups excluding carboxylic acids is 1. The molecule has 0 atom stereocenters. The average molecular weight is 455 g/mol. The Morgan fingerprint density at radius 1 is 1.03 bits per heavy atom. The lowest BCUT2D eigenvalue weighted by molar-refractivity contribution is -0.105. The minimum Gasteiger partial charge on any atom is -0.382 e. The zero-order valence-corrected chi connectivity index (χ0v) is 20.3. The second-order valence-electron chi connectivity index (χ2n) is 6.96. The van der Waals surface area contributed by atoms with Crippen LogP contribution in [0, 0.1) is 13.8 Å². The van der Waals surface area contributed by atoms with Crippen LogP contribution in [0.3, 0.4) is 0 Å². The van der Waals surface area contributed by atoms with Crippen molar-refractivity contribution in [2.75, 3.05) is 28.9 Å². The Balaban J connectivity index is 0.000000220. The highest BCUT2D eigenvalue weighted by Gasteiger charge is 2.04.